The van der Waals surface area contributed by atoms with Crippen molar-refractivity contribution in [3.8, 4) is 0 Å². The molecule has 3 nitrogen and oxygen atoms in total. The first-order chi connectivity index (χ1) is 8.61. The predicted octanol–water partition coefficient (Wildman–Crippen LogP) is 3.05. The molecule has 1 fully saturated rings. The summed E-state index contributed by atoms with van der Waals surface area (Å²) in [4.78, 5) is 12.2. The zero-order valence-corrected chi connectivity index (χ0v) is 12.3. The van der Waals surface area contributed by atoms with Crippen LogP contribution in [0.1, 0.15) is 35.2 Å². The monoisotopic (exact) mass is 311 g/mol. The SMILES string of the molecule is COC1CCC(NC(=O)c2cccc(C)c2Br)C1. The zero-order chi connectivity index (χ0) is 13.1. The van der Waals surface area contributed by atoms with Crippen molar-refractivity contribution in [2.45, 2.75) is 38.3 Å². The average molecular weight is 312 g/mol. The Morgan fingerprint density at radius 1 is 1.44 bits per heavy atom. The Morgan fingerprint density at radius 3 is 2.89 bits per heavy atom. The molecule has 0 saturated heterocycles. The third-order valence-electron chi connectivity index (χ3n) is 3.49. The van der Waals surface area contributed by atoms with Crippen LogP contribution in [0.4, 0.5) is 0 Å². The van der Waals surface area contributed by atoms with Crippen LogP contribution in [0.15, 0.2) is 22.7 Å². The van der Waals surface area contributed by atoms with Gasteiger partial charge in [-0.3, -0.25) is 4.79 Å². The van der Waals surface area contributed by atoms with Gasteiger partial charge in [-0.15, -0.1) is 0 Å². The molecule has 1 aliphatic rings. The number of halogens is 1. The minimum absolute atomic E-state index is 0.00710. The van der Waals surface area contributed by atoms with Crippen molar-refractivity contribution in [1.29, 1.82) is 0 Å². The number of nitrogens with one attached hydrogen (secondary N) is 1. The molecule has 1 amide bonds. The predicted molar refractivity (Wildman–Crippen MR) is 74.8 cm³/mol. The number of carbonyl (C=O) groups is 1. The van der Waals surface area contributed by atoms with Crippen LogP contribution in [-0.4, -0.2) is 25.2 Å². The van der Waals surface area contributed by atoms with E-state index in [0.717, 1.165) is 29.3 Å². The van der Waals surface area contributed by atoms with Crippen LogP contribution in [0, 0.1) is 6.92 Å². The van der Waals surface area contributed by atoms with Crippen LogP contribution in [0.3, 0.4) is 0 Å². The first-order valence-corrected chi connectivity index (χ1v) is 7.00. The van der Waals surface area contributed by atoms with E-state index in [1.54, 1.807) is 7.11 Å². The Morgan fingerprint density at radius 2 is 2.22 bits per heavy atom. The van der Waals surface area contributed by atoms with Gasteiger partial charge >= 0.3 is 0 Å². The van der Waals surface area contributed by atoms with Crippen molar-refractivity contribution in [2.75, 3.05) is 7.11 Å². The fraction of sp³-hybridized carbons (Fsp3) is 0.500. The summed E-state index contributed by atoms with van der Waals surface area (Å²) in [7, 11) is 1.73. The molecule has 18 heavy (non-hydrogen) atoms. The number of benzene rings is 1. The van der Waals surface area contributed by atoms with Gasteiger partial charge in [-0.2, -0.15) is 0 Å². The van der Waals surface area contributed by atoms with E-state index < -0.39 is 0 Å². The van der Waals surface area contributed by atoms with E-state index in [9.17, 15) is 4.79 Å². The van der Waals surface area contributed by atoms with Crippen LogP contribution in [0.25, 0.3) is 0 Å². The maximum Gasteiger partial charge on any atom is 0.252 e. The van der Waals surface area contributed by atoms with E-state index in [0.29, 0.717) is 5.56 Å². The van der Waals surface area contributed by atoms with Gasteiger partial charge in [0.15, 0.2) is 0 Å². The van der Waals surface area contributed by atoms with Crippen molar-refractivity contribution in [2.24, 2.45) is 0 Å². The van der Waals surface area contributed by atoms with Crippen molar-refractivity contribution in [3.63, 3.8) is 0 Å². The molecule has 1 aliphatic carbocycles. The van der Waals surface area contributed by atoms with E-state index in [2.05, 4.69) is 21.2 Å². The number of rotatable bonds is 3. The summed E-state index contributed by atoms with van der Waals surface area (Å²) >= 11 is 3.47. The standard InChI is InChI=1S/C14H18BrNO2/c1-9-4-3-5-12(13(9)15)14(17)16-10-6-7-11(8-10)18-2/h3-5,10-11H,6-8H2,1-2H3,(H,16,17). The highest BCUT2D eigenvalue weighted by atomic mass is 79.9. The number of hydrogen-bond donors (Lipinski definition) is 1. The topological polar surface area (TPSA) is 38.3 Å². The summed E-state index contributed by atoms with van der Waals surface area (Å²) in [6, 6.07) is 5.96. The fourth-order valence-electron chi connectivity index (χ4n) is 2.37. The van der Waals surface area contributed by atoms with E-state index in [-0.39, 0.29) is 18.1 Å². The highest BCUT2D eigenvalue weighted by Gasteiger charge is 2.26. The molecule has 2 unspecified atom stereocenters. The van der Waals surface area contributed by atoms with Gasteiger partial charge in [-0.25, -0.2) is 0 Å². The van der Waals surface area contributed by atoms with Crippen molar-refractivity contribution < 1.29 is 9.53 Å². The third kappa shape index (κ3) is 2.93. The highest BCUT2D eigenvalue weighted by Crippen LogP contribution is 2.24. The number of aryl methyl sites for hydroxylation is 1. The number of carbonyl (C=O) groups excluding carboxylic acids is 1. The van der Waals surface area contributed by atoms with E-state index in [1.165, 1.54) is 0 Å². The second-order valence-corrected chi connectivity index (χ2v) is 5.57. The molecule has 98 valence electrons. The van der Waals surface area contributed by atoms with Gasteiger partial charge in [0, 0.05) is 17.6 Å². The van der Waals surface area contributed by atoms with Gasteiger partial charge in [0.1, 0.15) is 0 Å². The third-order valence-corrected chi connectivity index (χ3v) is 4.54. The van der Waals surface area contributed by atoms with Gasteiger partial charge in [0.05, 0.1) is 11.7 Å². The minimum Gasteiger partial charge on any atom is -0.381 e. The lowest BCUT2D eigenvalue weighted by Gasteiger charge is -2.14. The van der Waals surface area contributed by atoms with Gasteiger partial charge in [0.2, 0.25) is 0 Å². The van der Waals surface area contributed by atoms with Gasteiger partial charge in [-0.1, -0.05) is 12.1 Å². The first-order valence-electron chi connectivity index (χ1n) is 6.20. The summed E-state index contributed by atoms with van der Waals surface area (Å²) in [5, 5.41) is 3.08. The van der Waals surface area contributed by atoms with E-state index >= 15 is 0 Å². The normalized spacial score (nSPS) is 23.1. The Labute approximate surface area is 116 Å². The lowest BCUT2D eigenvalue weighted by atomic mass is 10.1. The molecule has 2 rings (SSSR count). The second-order valence-electron chi connectivity index (χ2n) is 4.78. The quantitative estimate of drug-likeness (QED) is 0.931. The van der Waals surface area contributed by atoms with Crippen molar-refractivity contribution in [3.05, 3.63) is 33.8 Å². The molecule has 0 spiro atoms. The second kappa shape index (κ2) is 5.85. The summed E-state index contributed by atoms with van der Waals surface area (Å²) in [5.74, 6) is -0.00710. The smallest absolute Gasteiger partial charge is 0.252 e. The number of methoxy groups -OCH3 is 1. The molecular weight excluding hydrogens is 294 g/mol. The molecule has 1 saturated carbocycles. The molecule has 0 bridgehead atoms. The summed E-state index contributed by atoms with van der Waals surface area (Å²) < 4.78 is 6.19. The summed E-state index contributed by atoms with van der Waals surface area (Å²) in [6.45, 7) is 1.98. The molecule has 4 heteroatoms. The molecule has 1 N–H and O–H groups in total. The number of amides is 1. The van der Waals surface area contributed by atoms with Crippen LogP contribution >= 0.6 is 15.9 Å². The zero-order valence-electron chi connectivity index (χ0n) is 10.7. The van der Waals surface area contributed by atoms with Crippen LogP contribution in [-0.2, 0) is 4.74 Å². The Kier molecular flexibility index (Phi) is 4.40. The number of hydrogen-bond acceptors (Lipinski definition) is 2. The molecule has 0 aliphatic heterocycles. The van der Waals surface area contributed by atoms with Crippen LogP contribution in [0.2, 0.25) is 0 Å². The average Bonchev–Trinajstić information content (AvgIpc) is 2.80. The van der Waals surface area contributed by atoms with Crippen LogP contribution in [0.5, 0.6) is 0 Å². The molecule has 1 aromatic carbocycles. The minimum atomic E-state index is -0.00710. The molecular formula is C14H18BrNO2. The maximum absolute atomic E-state index is 12.2. The Bertz CT molecular complexity index is 447. The molecule has 0 radical (unpaired) electrons. The molecule has 1 aromatic rings. The Balaban J connectivity index is 2.02. The van der Waals surface area contributed by atoms with Gasteiger partial charge < -0.3 is 10.1 Å². The highest BCUT2D eigenvalue weighted by molar-refractivity contribution is 9.10. The van der Waals surface area contributed by atoms with E-state index in [4.69, 9.17) is 4.74 Å². The lowest BCUT2D eigenvalue weighted by Crippen LogP contribution is -2.33. The van der Waals surface area contributed by atoms with Gasteiger partial charge in [0.25, 0.3) is 5.91 Å². The summed E-state index contributed by atoms with van der Waals surface area (Å²) in [6.07, 6.45) is 3.21. The summed E-state index contributed by atoms with van der Waals surface area (Å²) in [5.41, 5.74) is 1.78. The van der Waals surface area contributed by atoms with Gasteiger partial charge in [-0.05, 0) is 53.7 Å². The maximum atomic E-state index is 12.2. The van der Waals surface area contributed by atoms with Crippen LogP contribution < -0.4 is 5.32 Å². The van der Waals surface area contributed by atoms with Crippen molar-refractivity contribution >= 4 is 21.8 Å². The van der Waals surface area contributed by atoms with E-state index in [1.807, 2.05) is 25.1 Å². The Hall–Kier alpha value is -0.870. The lowest BCUT2D eigenvalue weighted by molar-refractivity contribution is 0.0914. The largest absolute Gasteiger partial charge is 0.381 e. The molecule has 0 aromatic heterocycles. The number of ether oxygens (including phenoxy) is 1. The first kappa shape index (κ1) is 13.6. The fourth-order valence-corrected chi connectivity index (χ4v) is 2.82. The molecule has 0 heterocycles. The van der Waals surface area contributed by atoms with Crippen molar-refractivity contribution in [1.82, 2.24) is 5.32 Å². The molecule has 2 atom stereocenters.